The van der Waals surface area contributed by atoms with Gasteiger partial charge in [-0.3, -0.25) is 24.5 Å². The molecular weight excluding hydrogens is 911 g/mol. The van der Waals surface area contributed by atoms with Crippen LogP contribution in [0.2, 0.25) is 0 Å². The first-order chi connectivity index (χ1) is 34.8. The Labute approximate surface area is 428 Å². The maximum atomic E-state index is 13.5. The molecule has 1 saturated carbocycles. The molecule has 0 bridgehead atoms. The number of anilines is 3. The largest absolute Gasteiger partial charge is 0.401 e. The zero-order chi connectivity index (χ0) is 51.3. The average Bonchev–Trinajstić information content (AvgIpc) is 3.37. The van der Waals surface area contributed by atoms with E-state index in [1.54, 1.807) is 17.3 Å². The van der Waals surface area contributed by atoms with Crippen LogP contribution in [-0.2, 0) is 14.2 Å². The number of nitrogens with one attached hydrogen (secondary N) is 5. The number of benzene rings is 2. The standard InChI is InChI=1S/C54H85N13O5/c1-54(2,3)39-13-15-41(16-14-39)66(5)38-48-63-45-12-7-6-11-43(45)53(64-48)62-21-9-28-65(4)27-8-10-40(56)37-67(57)29-31-71-33-35-72-34-32-70-30-26-58-24-25-61-47-18-17-46(60-23-20-55)50-49(47)51(68)42-19-22-59-36-44(42)52(50)69/h6-7,11-12,17-19,22,36-37,39,41,48,58,60-61,63H,8-10,13-16,20-21,23-35,38,55-57H2,1-5H3,(H,62,64)/b40-37-. The van der Waals surface area contributed by atoms with E-state index in [2.05, 4.69) is 100 Å². The van der Waals surface area contributed by atoms with E-state index in [-0.39, 0.29) is 17.7 Å². The lowest BCUT2D eigenvalue weighted by Crippen LogP contribution is -2.53. The summed E-state index contributed by atoms with van der Waals surface area (Å²) in [4.78, 5) is 41.0. The summed E-state index contributed by atoms with van der Waals surface area (Å²) >= 11 is 0. The molecule has 18 nitrogen and oxygen atoms in total. The first-order valence-corrected chi connectivity index (χ1v) is 26.2. The number of carbonyl (C=O) groups is 2. The minimum absolute atomic E-state index is 0.114. The normalized spacial score (nSPS) is 18.4. The number of hydrogen-bond acceptors (Lipinski definition) is 17. The van der Waals surface area contributed by atoms with Crippen LogP contribution in [0.5, 0.6) is 0 Å². The molecule has 18 heteroatoms. The number of hydrogen-bond donors (Lipinski definition) is 8. The van der Waals surface area contributed by atoms with E-state index in [0.717, 1.165) is 74.1 Å². The van der Waals surface area contributed by atoms with Crippen LogP contribution in [0.1, 0.15) is 103 Å². The van der Waals surface area contributed by atoms with Crippen molar-refractivity contribution in [2.75, 3.05) is 135 Å². The molecule has 1 aromatic heterocycles. The number of fused-ring (bicyclic) bond motifs is 3. The van der Waals surface area contributed by atoms with Crippen LogP contribution in [-0.4, -0.2) is 169 Å². The topological polar surface area (TPSA) is 235 Å². The Morgan fingerprint density at radius 1 is 0.792 bits per heavy atom. The highest BCUT2D eigenvalue weighted by atomic mass is 16.5. The van der Waals surface area contributed by atoms with Gasteiger partial charge < -0.3 is 62.2 Å². The number of carbonyl (C=O) groups excluding carboxylic acids is 2. The molecule has 1 aliphatic heterocycles. The third-order valence-corrected chi connectivity index (χ3v) is 13.9. The summed E-state index contributed by atoms with van der Waals surface area (Å²) < 4.78 is 17.1. The van der Waals surface area contributed by atoms with Gasteiger partial charge in [-0.1, -0.05) is 32.9 Å². The number of ketones is 2. The van der Waals surface area contributed by atoms with Gasteiger partial charge in [0, 0.05) is 104 Å². The summed E-state index contributed by atoms with van der Waals surface area (Å²) in [5.41, 5.74) is 18.0. The fraction of sp³-hybridized carbons (Fsp3) is 0.593. The molecule has 2 heterocycles. The summed E-state index contributed by atoms with van der Waals surface area (Å²) in [5.74, 6) is 7.54. The number of pyridine rings is 1. The summed E-state index contributed by atoms with van der Waals surface area (Å²) in [6.07, 6.45) is 12.7. The SMILES string of the molecule is CN(CCCN=C1NC(CN(C)C2CCC(C(C)(C)C)CC2)Nc2ccccc21)CCC/C(N)=C/N(N)CCOCCOCCOCCNCCNc1ccc(NCCN)c2c1C(=O)c1ccncc1C2=O. The first-order valence-electron chi connectivity index (χ1n) is 26.2. The molecule has 6 rings (SSSR count). The van der Waals surface area contributed by atoms with Crippen LogP contribution in [0.3, 0.4) is 0 Å². The van der Waals surface area contributed by atoms with Crippen molar-refractivity contribution in [3.05, 3.63) is 94.6 Å². The van der Waals surface area contributed by atoms with Crippen molar-refractivity contribution < 1.29 is 23.8 Å². The lowest BCUT2D eigenvalue weighted by Gasteiger charge is -2.41. The maximum absolute atomic E-state index is 13.5. The summed E-state index contributed by atoms with van der Waals surface area (Å²) in [5, 5.41) is 18.9. The van der Waals surface area contributed by atoms with Crippen molar-refractivity contribution in [1.82, 2.24) is 30.4 Å². The number of amidine groups is 1. The van der Waals surface area contributed by atoms with Crippen LogP contribution in [0, 0.1) is 11.3 Å². The molecule has 0 radical (unpaired) electrons. The summed E-state index contributed by atoms with van der Waals surface area (Å²) in [6, 6.07) is 14.3. The van der Waals surface area contributed by atoms with E-state index < -0.39 is 0 Å². The first kappa shape index (κ1) is 56.1. The van der Waals surface area contributed by atoms with E-state index in [1.165, 1.54) is 38.1 Å². The minimum atomic E-state index is -0.232. The molecule has 1 fully saturated rings. The van der Waals surface area contributed by atoms with Gasteiger partial charge >= 0.3 is 0 Å². The lowest BCUT2D eigenvalue weighted by molar-refractivity contribution is 0.0128. The van der Waals surface area contributed by atoms with E-state index in [9.17, 15) is 9.59 Å². The van der Waals surface area contributed by atoms with Gasteiger partial charge in [-0.15, -0.1) is 0 Å². The van der Waals surface area contributed by atoms with E-state index in [1.807, 2.05) is 12.1 Å². The van der Waals surface area contributed by atoms with Gasteiger partial charge in [0.2, 0.25) is 0 Å². The fourth-order valence-electron chi connectivity index (χ4n) is 9.75. The van der Waals surface area contributed by atoms with Crippen molar-refractivity contribution in [2.45, 2.75) is 77.9 Å². The molecule has 2 aliphatic carbocycles. The predicted octanol–water partition coefficient (Wildman–Crippen LogP) is 4.68. The number of ether oxygens (including phenoxy) is 3. The smallest absolute Gasteiger partial charge is 0.198 e. The molecule has 1 unspecified atom stereocenters. The van der Waals surface area contributed by atoms with Gasteiger partial charge in [0.25, 0.3) is 0 Å². The Morgan fingerprint density at radius 3 is 2.18 bits per heavy atom. The summed E-state index contributed by atoms with van der Waals surface area (Å²) in [7, 11) is 4.44. The quantitative estimate of drug-likeness (QED) is 0.0194. The Hall–Kier alpha value is -5.18. The zero-order valence-corrected chi connectivity index (χ0v) is 43.8. The molecular formula is C54H85N13O5. The number of para-hydroxylation sites is 1. The average molecular weight is 996 g/mol. The number of hydrazine groups is 1. The molecule has 396 valence electrons. The molecule has 3 aliphatic rings. The lowest BCUT2D eigenvalue weighted by atomic mass is 9.71. The molecule has 1 atom stereocenters. The third-order valence-electron chi connectivity index (χ3n) is 13.9. The second-order valence-corrected chi connectivity index (χ2v) is 20.3. The highest BCUT2D eigenvalue weighted by Crippen LogP contribution is 2.39. The fourth-order valence-corrected chi connectivity index (χ4v) is 9.75. The molecule has 3 aromatic rings. The van der Waals surface area contributed by atoms with E-state index in [4.69, 9.17) is 36.5 Å². The number of aliphatic imine (C=N–C) groups is 1. The molecule has 0 amide bonds. The van der Waals surface area contributed by atoms with Crippen LogP contribution in [0.15, 0.2) is 71.7 Å². The van der Waals surface area contributed by atoms with Crippen molar-refractivity contribution in [3.63, 3.8) is 0 Å². The molecule has 0 spiro atoms. The highest BCUT2D eigenvalue weighted by Gasteiger charge is 2.35. The Kier molecular flexibility index (Phi) is 22.5. The van der Waals surface area contributed by atoms with Crippen LogP contribution in [0.4, 0.5) is 17.1 Å². The van der Waals surface area contributed by atoms with Crippen molar-refractivity contribution in [1.29, 1.82) is 0 Å². The van der Waals surface area contributed by atoms with E-state index in [0.29, 0.717) is 124 Å². The maximum Gasteiger partial charge on any atom is 0.198 e. The van der Waals surface area contributed by atoms with Crippen LogP contribution < -0.4 is 43.9 Å². The Morgan fingerprint density at radius 2 is 1.46 bits per heavy atom. The van der Waals surface area contributed by atoms with Gasteiger partial charge in [-0.25, -0.2) is 5.84 Å². The highest BCUT2D eigenvalue weighted by molar-refractivity contribution is 6.31. The zero-order valence-electron chi connectivity index (χ0n) is 43.8. The van der Waals surface area contributed by atoms with Crippen molar-refractivity contribution in [2.24, 2.45) is 33.6 Å². The molecule has 11 N–H and O–H groups in total. The van der Waals surface area contributed by atoms with Gasteiger partial charge in [0.15, 0.2) is 11.6 Å². The van der Waals surface area contributed by atoms with Crippen LogP contribution >= 0.6 is 0 Å². The number of rotatable bonds is 31. The predicted molar refractivity (Wildman–Crippen MR) is 290 cm³/mol. The Balaban J connectivity index is 0.752. The van der Waals surface area contributed by atoms with Gasteiger partial charge in [-0.05, 0) is 114 Å². The molecule has 72 heavy (non-hydrogen) atoms. The second kappa shape index (κ2) is 28.9. The van der Waals surface area contributed by atoms with Crippen molar-refractivity contribution >= 4 is 34.5 Å². The minimum Gasteiger partial charge on any atom is -0.401 e. The monoisotopic (exact) mass is 996 g/mol. The van der Waals surface area contributed by atoms with Gasteiger partial charge in [-0.2, -0.15) is 0 Å². The number of aromatic nitrogens is 1. The summed E-state index contributed by atoms with van der Waals surface area (Å²) in [6.45, 7) is 16.8. The molecule has 2 aromatic carbocycles. The number of likely N-dealkylation sites (N-methyl/N-ethyl adjacent to an activating group) is 1. The number of allylic oxidation sites excluding steroid dienone is 1. The molecule has 0 saturated heterocycles. The Bertz CT molecular complexity index is 2230. The van der Waals surface area contributed by atoms with Gasteiger partial charge in [0.05, 0.1) is 62.9 Å². The number of nitrogens with two attached hydrogens (primary N) is 3. The van der Waals surface area contributed by atoms with Gasteiger partial charge in [0.1, 0.15) is 12.0 Å². The third kappa shape index (κ3) is 16.9. The number of nitrogens with zero attached hydrogens (tertiary/aromatic N) is 5. The van der Waals surface area contributed by atoms with E-state index >= 15 is 0 Å². The second-order valence-electron chi connectivity index (χ2n) is 20.3. The van der Waals surface area contributed by atoms with Crippen LogP contribution in [0.25, 0.3) is 0 Å². The van der Waals surface area contributed by atoms with Crippen molar-refractivity contribution in [3.8, 4) is 0 Å².